The number of hydrogen-bond donors (Lipinski definition) is 2. The fourth-order valence-corrected chi connectivity index (χ4v) is 2.17. The van der Waals surface area contributed by atoms with Gasteiger partial charge in [-0.2, -0.15) is 0 Å². The third-order valence-corrected chi connectivity index (χ3v) is 3.04. The second-order valence-electron chi connectivity index (χ2n) is 3.97. The van der Waals surface area contributed by atoms with Crippen LogP contribution in [0.2, 0.25) is 10.0 Å². The first-order valence-corrected chi connectivity index (χ1v) is 6.00. The predicted octanol–water partition coefficient (Wildman–Crippen LogP) is 4.77. The molecular weight excluding hydrogens is 274 g/mol. The van der Waals surface area contributed by atoms with Crippen LogP contribution >= 0.6 is 23.2 Å². The number of nitrogen functional groups attached to an aromatic ring is 1. The molecule has 0 aliphatic carbocycles. The van der Waals surface area contributed by atoms with Crippen molar-refractivity contribution in [2.24, 2.45) is 0 Å². The molecule has 0 atom stereocenters. The average molecular weight is 285 g/mol. The third-order valence-electron chi connectivity index (χ3n) is 2.45. The van der Waals surface area contributed by atoms with Crippen molar-refractivity contribution in [2.75, 3.05) is 11.1 Å². The first kappa shape index (κ1) is 13.0. The number of hydrogen-bond acceptors (Lipinski definition) is 2. The van der Waals surface area contributed by atoms with Gasteiger partial charge in [0.25, 0.3) is 0 Å². The van der Waals surface area contributed by atoms with Crippen LogP contribution in [-0.4, -0.2) is 0 Å². The maximum absolute atomic E-state index is 13.7. The summed E-state index contributed by atoms with van der Waals surface area (Å²) in [6.45, 7) is 1.82. The molecule has 0 amide bonds. The molecule has 0 heterocycles. The molecule has 0 spiro atoms. The smallest absolute Gasteiger partial charge is 0.146 e. The zero-order valence-corrected chi connectivity index (χ0v) is 11.1. The lowest BCUT2D eigenvalue weighted by Crippen LogP contribution is -1.97. The van der Waals surface area contributed by atoms with Gasteiger partial charge in [0.05, 0.1) is 21.4 Å². The Labute approximate surface area is 115 Å². The molecule has 2 aromatic rings. The topological polar surface area (TPSA) is 38.0 Å². The van der Waals surface area contributed by atoms with Gasteiger partial charge in [-0.15, -0.1) is 0 Å². The van der Waals surface area contributed by atoms with Gasteiger partial charge in [0.2, 0.25) is 0 Å². The molecule has 5 heteroatoms. The summed E-state index contributed by atoms with van der Waals surface area (Å²) in [7, 11) is 0. The van der Waals surface area contributed by atoms with E-state index in [-0.39, 0.29) is 5.82 Å². The Bertz CT molecular complexity index is 577. The summed E-state index contributed by atoms with van der Waals surface area (Å²) in [6, 6.07) is 7.98. The lowest BCUT2D eigenvalue weighted by atomic mass is 10.2. The van der Waals surface area contributed by atoms with Gasteiger partial charge in [0.1, 0.15) is 5.82 Å². The second-order valence-corrected chi connectivity index (χ2v) is 4.78. The molecule has 2 nitrogen and oxygen atoms in total. The minimum Gasteiger partial charge on any atom is -0.399 e. The molecule has 0 aromatic heterocycles. The van der Waals surface area contributed by atoms with E-state index < -0.39 is 0 Å². The zero-order chi connectivity index (χ0) is 13.3. The first-order valence-electron chi connectivity index (χ1n) is 5.25. The Morgan fingerprint density at radius 1 is 1.11 bits per heavy atom. The predicted molar refractivity (Wildman–Crippen MR) is 75.3 cm³/mol. The molecule has 0 saturated heterocycles. The standard InChI is InChI=1S/C13H11Cl2FN2/c1-7-2-3-12(11(16)4-7)18-13-9(14)5-8(17)6-10(13)15/h2-6,18H,17H2,1H3. The Morgan fingerprint density at radius 2 is 1.72 bits per heavy atom. The number of nitrogens with two attached hydrogens (primary N) is 1. The Kier molecular flexibility index (Phi) is 3.64. The first-order chi connectivity index (χ1) is 8.47. The van der Waals surface area contributed by atoms with Gasteiger partial charge in [-0.05, 0) is 36.8 Å². The summed E-state index contributed by atoms with van der Waals surface area (Å²) in [6.07, 6.45) is 0. The zero-order valence-electron chi connectivity index (χ0n) is 9.60. The highest BCUT2D eigenvalue weighted by atomic mass is 35.5. The van der Waals surface area contributed by atoms with Gasteiger partial charge in [0.15, 0.2) is 0 Å². The molecular formula is C13H11Cl2FN2. The van der Waals surface area contributed by atoms with E-state index in [9.17, 15) is 4.39 Å². The molecule has 3 N–H and O–H groups in total. The van der Waals surface area contributed by atoms with Crippen LogP contribution in [-0.2, 0) is 0 Å². The van der Waals surface area contributed by atoms with Crippen LogP contribution in [0.4, 0.5) is 21.5 Å². The molecule has 0 unspecified atom stereocenters. The maximum atomic E-state index is 13.7. The molecule has 18 heavy (non-hydrogen) atoms. The van der Waals surface area contributed by atoms with Crippen molar-refractivity contribution in [1.29, 1.82) is 0 Å². The fraction of sp³-hybridized carbons (Fsp3) is 0.0769. The molecule has 0 radical (unpaired) electrons. The van der Waals surface area contributed by atoms with Gasteiger partial charge in [0, 0.05) is 5.69 Å². The van der Waals surface area contributed by atoms with Crippen molar-refractivity contribution in [2.45, 2.75) is 6.92 Å². The van der Waals surface area contributed by atoms with Crippen molar-refractivity contribution in [1.82, 2.24) is 0 Å². The van der Waals surface area contributed by atoms with Crippen molar-refractivity contribution in [3.8, 4) is 0 Å². The summed E-state index contributed by atoms with van der Waals surface area (Å²) in [5.74, 6) is -0.362. The summed E-state index contributed by atoms with van der Waals surface area (Å²) >= 11 is 12.0. The minimum absolute atomic E-state index is 0.314. The van der Waals surface area contributed by atoms with Gasteiger partial charge in [-0.3, -0.25) is 0 Å². The summed E-state index contributed by atoms with van der Waals surface area (Å²) in [4.78, 5) is 0. The number of halogens is 3. The van der Waals surface area contributed by atoms with Gasteiger partial charge in [-0.25, -0.2) is 4.39 Å². The Balaban J connectivity index is 2.40. The third kappa shape index (κ3) is 2.68. The average Bonchev–Trinajstić information content (AvgIpc) is 2.25. The Hall–Kier alpha value is -1.45. The SMILES string of the molecule is Cc1ccc(Nc2c(Cl)cc(N)cc2Cl)c(F)c1. The molecule has 2 rings (SSSR count). The maximum Gasteiger partial charge on any atom is 0.146 e. The van der Waals surface area contributed by atoms with E-state index in [4.69, 9.17) is 28.9 Å². The van der Waals surface area contributed by atoms with E-state index in [0.717, 1.165) is 5.56 Å². The highest BCUT2D eigenvalue weighted by molar-refractivity contribution is 6.39. The van der Waals surface area contributed by atoms with Crippen molar-refractivity contribution >= 4 is 40.3 Å². The summed E-state index contributed by atoms with van der Waals surface area (Å²) < 4.78 is 13.7. The molecule has 0 saturated carbocycles. The molecule has 2 aromatic carbocycles. The van der Waals surface area contributed by atoms with Crippen molar-refractivity contribution in [3.05, 3.63) is 51.8 Å². The van der Waals surface area contributed by atoms with Crippen LogP contribution in [0.3, 0.4) is 0 Å². The van der Waals surface area contributed by atoms with E-state index in [1.54, 1.807) is 24.3 Å². The van der Waals surface area contributed by atoms with Crippen LogP contribution in [0, 0.1) is 12.7 Å². The Morgan fingerprint density at radius 3 is 2.28 bits per heavy atom. The summed E-state index contributed by atoms with van der Waals surface area (Å²) in [5.41, 5.74) is 7.65. The molecule has 0 aliphatic rings. The molecule has 0 fully saturated rings. The van der Waals surface area contributed by atoms with Crippen molar-refractivity contribution in [3.63, 3.8) is 0 Å². The molecule has 0 aliphatic heterocycles. The van der Waals surface area contributed by atoms with E-state index in [2.05, 4.69) is 5.32 Å². The van der Waals surface area contributed by atoms with Crippen LogP contribution in [0.15, 0.2) is 30.3 Å². The minimum atomic E-state index is -0.362. The van der Waals surface area contributed by atoms with E-state index in [0.29, 0.717) is 27.1 Å². The fourth-order valence-electron chi connectivity index (χ4n) is 1.57. The van der Waals surface area contributed by atoms with Crippen LogP contribution in [0.5, 0.6) is 0 Å². The number of aryl methyl sites for hydroxylation is 1. The van der Waals surface area contributed by atoms with Crippen LogP contribution in [0.1, 0.15) is 5.56 Å². The molecule has 0 bridgehead atoms. The molecule has 94 valence electrons. The van der Waals surface area contributed by atoms with E-state index in [1.807, 2.05) is 6.92 Å². The lowest BCUT2D eigenvalue weighted by Gasteiger charge is -2.12. The van der Waals surface area contributed by atoms with E-state index in [1.165, 1.54) is 6.07 Å². The van der Waals surface area contributed by atoms with Gasteiger partial charge >= 0.3 is 0 Å². The van der Waals surface area contributed by atoms with Crippen LogP contribution in [0.25, 0.3) is 0 Å². The lowest BCUT2D eigenvalue weighted by molar-refractivity contribution is 0.631. The number of rotatable bonds is 2. The quantitative estimate of drug-likeness (QED) is 0.780. The van der Waals surface area contributed by atoms with Gasteiger partial charge < -0.3 is 11.1 Å². The number of nitrogens with one attached hydrogen (secondary N) is 1. The monoisotopic (exact) mass is 284 g/mol. The van der Waals surface area contributed by atoms with Gasteiger partial charge in [-0.1, -0.05) is 29.3 Å². The normalized spacial score (nSPS) is 10.4. The van der Waals surface area contributed by atoms with Crippen LogP contribution < -0.4 is 11.1 Å². The highest BCUT2D eigenvalue weighted by Crippen LogP contribution is 2.35. The second kappa shape index (κ2) is 5.04. The van der Waals surface area contributed by atoms with E-state index >= 15 is 0 Å². The number of benzene rings is 2. The van der Waals surface area contributed by atoms with Crippen molar-refractivity contribution < 1.29 is 4.39 Å². The highest BCUT2D eigenvalue weighted by Gasteiger charge is 2.10. The largest absolute Gasteiger partial charge is 0.399 e. The summed E-state index contributed by atoms with van der Waals surface area (Å²) in [5, 5.41) is 3.56. The number of anilines is 3.